The monoisotopic (exact) mass is 236 g/mol. The maximum Gasteiger partial charge on any atom is 0.231 e. The number of aliphatic hydroxyl groups excluding tert-OH is 1. The van der Waals surface area contributed by atoms with E-state index in [9.17, 15) is 5.11 Å². The van der Waals surface area contributed by atoms with E-state index in [-0.39, 0.29) is 11.5 Å². The summed E-state index contributed by atoms with van der Waals surface area (Å²) < 4.78 is 10.6. The van der Waals surface area contributed by atoms with Crippen molar-refractivity contribution in [1.82, 2.24) is 0 Å². The Morgan fingerprint density at radius 2 is 1.94 bits per heavy atom. The molecule has 0 fully saturated rings. The Bertz CT molecular complexity index is 393. The van der Waals surface area contributed by atoms with Gasteiger partial charge in [-0.05, 0) is 36.0 Å². The van der Waals surface area contributed by atoms with Crippen molar-refractivity contribution in [2.24, 2.45) is 5.41 Å². The van der Waals surface area contributed by atoms with Crippen LogP contribution in [0, 0.1) is 5.41 Å². The summed E-state index contributed by atoms with van der Waals surface area (Å²) in [6.45, 7) is 6.47. The summed E-state index contributed by atoms with van der Waals surface area (Å²) in [5, 5.41) is 9.98. The number of hydrogen-bond acceptors (Lipinski definition) is 3. The van der Waals surface area contributed by atoms with Crippen LogP contribution >= 0.6 is 0 Å². The molecule has 0 spiro atoms. The number of rotatable bonds is 3. The lowest BCUT2D eigenvalue weighted by Crippen LogP contribution is -2.26. The fraction of sp³-hybridized carbons (Fsp3) is 0.571. The molecule has 3 nitrogen and oxygen atoms in total. The van der Waals surface area contributed by atoms with E-state index in [4.69, 9.17) is 9.47 Å². The molecule has 1 N–H and O–H groups in total. The van der Waals surface area contributed by atoms with Crippen molar-refractivity contribution in [3.63, 3.8) is 0 Å². The number of benzene rings is 1. The zero-order valence-corrected chi connectivity index (χ0v) is 10.7. The Kier molecular flexibility index (Phi) is 3.29. The molecule has 1 heterocycles. The van der Waals surface area contributed by atoms with E-state index in [2.05, 4.69) is 20.8 Å². The second-order valence-electron chi connectivity index (χ2n) is 5.61. The fourth-order valence-electron chi connectivity index (χ4n) is 1.83. The highest BCUT2D eigenvalue weighted by Gasteiger charge is 2.22. The number of fused-ring (bicyclic) bond motifs is 1. The van der Waals surface area contributed by atoms with Crippen molar-refractivity contribution >= 4 is 0 Å². The first-order valence-corrected chi connectivity index (χ1v) is 6.03. The van der Waals surface area contributed by atoms with Gasteiger partial charge in [-0.3, -0.25) is 0 Å². The Balaban J connectivity index is 1.96. The smallest absolute Gasteiger partial charge is 0.231 e. The van der Waals surface area contributed by atoms with Gasteiger partial charge in [0.1, 0.15) is 0 Å². The quantitative estimate of drug-likeness (QED) is 0.877. The van der Waals surface area contributed by atoms with Crippen LogP contribution in [0.25, 0.3) is 0 Å². The lowest BCUT2D eigenvalue weighted by atomic mass is 9.86. The lowest BCUT2D eigenvalue weighted by Gasteiger charge is -2.25. The van der Waals surface area contributed by atoms with Crippen LogP contribution in [0.2, 0.25) is 0 Å². The average molecular weight is 236 g/mol. The van der Waals surface area contributed by atoms with Crippen molar-refractivity contribution in [3.8, 4) is 11.5 Å². The third-order valence-corrected chi connectivity index (χ3v) is 3.14. The van der Waals surface area contributed by atoms with Crippen LogP contribution in [0.3, 0.4) is 0 Å². The molecule has 1 aromatic carbocycles. The van der Waals surface area contributed by atoms with E-state index >= 15 is 0 Å². The predicted octanol–water partition coefficient (Wildman–Crippen LogP) is 2.75. The summed E-state index contributed by atoms with van der Waals surface area (Å²) in [5.41, 5.74) is 1.12. The van der Waals surface area contributed by atoms with Crippen LogP contribution in [0.1, 0.15) is 32.8 Å². The highest BCUT2D eigenvalue weighted by molar-refractivity contribution is 5.44. The molecule has 3 heteroatoms. The van der Waals surface area contributed by atoms with E-state index in [1.54, 1.807) is 0 Å². The minimum absolute atomic E-state index is 0.0592. The first kappa shape index (κ1) is 12.2. The highest BCUT2D eigenvalue weighted by Crippen LogP contribution is 2.33. The van der Waals surface area contributed by atoms with Crippen molar-refractivity contribution in [1.29, 1.82) is 0 Å². The van der Waals surface area contributed by atoms with Crippen LogP contribution in [0.4, 0.5) is 0 Å². The molecule has 0 aliphatic carbocycles. The first-order chi connectivity index (χ1) is 7.97. The molecule has 94 valence electrons. The van der Waals surface area contributed by atoms with Crippen molar-refractivity contribution < 1.29 is 14.6 Å². The van der Waals surface area contributed by atoms with Gasteiger partial charge in [-0.15, -0.1) is 0 Å². The van der Waals surface area contributed by atoms with E-state index in [0.29, 0.717) is 6.79 Å². The average Bonchev–Trinajstić information content (AvgIpc) is 2.71. The van der Waals surface area contributed by atoms with Crippen LogP contribution in [0.5, 0.6) is 11.5 Å². The van der Waals surface area contributed by atoms with Gasteiger partial charge in [0.15, 0.2) is 11.5 Å². The van der Waals surface area contributed by atoms with Crippen molar-refractivity contribution in [3.05, 3.63) is 23.8 Å². The second kappa shape index (κ2) is 4.57. The molecule has 1 atom stereocenters. The van der Waals surface area contributed by atoms with Gasteiger partial charge in [0.25, 0.3) is 0 Å². The van der Waals surface area contributed by atoms with Gasteiger partial charge in [0, 0.05) is 0 Å². The summed E-state index contributed by atoms with van der Waals surface area (Å²) in [4.78, 5) is 0. The van der Waals surface area contributed by atoms with Gasteiger partial charge in [-0.2, -0.15) is 0 Å². The molecule has 0 amide bonds. The zero-order chi connectivity index (χ0) is 12.5. The van der Waals surface area contributed by atoms with E-state index in [1.807, 2.05) is 18.2 Å². The molecule has 0 bridgehead atoms. The highest BCUT2D eigenvalue weighted by atomic mass is 16.7. The first-order valence-electron chi connectivity index (χ1n) is 6.03. The van der Waals surface area contributed by atoms with Gasteiger partial charge in [0.05, 0.1) is 6.10 Å². The summed E-state index contributed by atoms with van der Waals surface area (Å²) in [6.07, 6.45) is 1.34. The Hall–Kier alpha value is -1.22. The van der Waals surface area contributed by atoms with Gasteiger partial charge >= 0.3 is 0 Å². The van der Waals surface area contributed by atoms with Crippen molar-refractivity contribution in [2.45, 2.75) is 39.7 Å². The number of ether oxygens (including phenoxy) is 2. The van der Waals surface area contributed by atoms with E-state index in [1.165, 1.54) is 5.56 Å². The molecule has 1 aromatic rings. The predicted molar refractivity (Wildman–Crippen MR) is 66.3 cm³/mol. The fourth-order valence-corrected chi connectivity index (χ4v) is 1.83. The van der Waals surface area contributed by atoms with Gasteiger partial charge in [-0.1, -0.05) is 26.8 Å². The van der Waals surface area contributed by atoms with Crippen LogP contribution in [0.15, 0.2) is 18.2 Å². The molecule has 1 aliphatic heterocycles. The SMILES string of the molecule is CC(C)(C)C(O)CCc1ccc2c(c1)OCO2. The van der Waals surface area contributed by atoms with Gasteiger partial charge < -0.3 is 14.6 Å². The van der Waals surface area contributed by atoms with Gasteiger partial charge in [-0.25, -0.2) is 0 Å². The molecular formula is C14H20O3. The van der Waals surface area contributed by atoms with Crippen molar-refractivity contribution in [2.75, 3.05) is 6.79 Å². The van der Waals surface area contributed by atoms with Crippen LogP contribution in [-0.4, -0.2) is 18.0 Å². The topological polar surface area (TPSA) is 38.7 Å². The van der Waals surface area contributed by atoms with E-state index in [0.717, 1.165) is 24.3 Å². The third kappa shape index (κ3) is 2.91. The molecule has 0 radical (unpaired) electrons. The maximum absolute atomic E-state index is 9.98. The zero-order valence-electron chi connectivity index (χ0n) is 10.7. The Morgan fingerprint density at radius 3 is 2.65 bits per heavy atom. The standard InChI is InChI=1S/C14H20O3/c1-14(2,3)13(15)7-5-10-4-6-11-12(8-10)17-9-16-11/h4,6,8,13,15H,5,7,9H2,1-3H3. The minimum Gasteiger partial charge on any atom is -0.454 e. The normalized spacial score (nSPS) is 16.0. The lowest BCUT2D eigenvalue weighted by molar-refractivity contribution is 0.0560. The third-order valence-electron chi connectivity index (χ3n) is 3.14. The minimum atomic E-state index is -0.284. The largest absolute Gasteiger partial charge is 0.454 e. The Labute approximate surface area is 102 Å². The van der Waals surface area contributed by atoms with E-state index < -0.39 is 0 Å². The molecular weight excluding hydrogens is 216 g/mol. The summed E-state index contributed by atoms with van der Waals surface area (Å²) in [6, 6.07) is 5.96. The maximum atomic E-state index is 9.98. The number of aryl methyl sites for hydroxylation is 1. The molecule has 1 unspecified atom stereocenters. The van der Waals surface area contributed by atoms with Gasteiger partial charge in [0.2, 0.25) is 6.79 Å². The molecule has 17 heavy (non-hydrogen) atoms. The summed E-state index contributed by atoms with van der Waals surface area (Å²) in [5.74, 6) is 1.62. The molecule has 1 aliphatic rings. The van der Waals surface area contributed by atoms with Crippen LogP contribution in [-0.2, 0) is 6.42 Å². The molecule has 0 aromatic heterocycles. The molecule has 0 saturated carbocycles. The Morgan fingerprint density at radius 1 is 1.24 bits per heavy atom. The number of hydrogen-bond donors (Lipinski definition) is 1. The number of aliphatic hydroxyl groups is 1. The second-order valence-corrected chi connectivity index (χ2v) is 5.61. The summed E-state index contributed by atoms with van der Waals surface area (Å²) in [7, 11) is 0. The summed E-state index contributed by atoms with van der Waals surface area (Å²) >= 11 is 0. The molecule has 0 saturated heterocycles. The molecule has 2 rings (SSSR count). The van der Waals surface area contributed by atoms with Crippen LogP contribution < -0.4 is 9.47 Å².